The number of aromatic nitrogens is 1. The van der Waals surface area contributed by atoms with Crippen LogP contribution in [-0.2, 0) is 0 Å². The molecule has 1 amide bonds. The van der Waals surface area contributed by atoms with E-state index in [2.05, 4.69) is 10.3 Å². The Hall–Kier alpha value is -2.18. The number of hydrogen-bond donors (Lipinski definition) is 1. The summed E-state index contributed by atoms with van der Waals surface area (Å²) in [6.45, 7) is 2.74. The first-order valence-electron chi connectivity index (χ1n) is 6.71. The molecule has 7 heteroatoms. The maximum Gasteiger partial charge on any atom is 0.288 e. The zero-order valence-electron chi connectivity index (χ0n) is 11.6. The molecular formula is C13H18N4O3. The van der Waals surface area contributed by atoms with Crippen LogP contribution in [0.15, 0.2) is 12.3 Å². The van der Waals surface area contributed by atoms with E-state index in [1.54, 1.807) is 11.9 Å². The van der Waals surface area contributed by atoms with Gasteiger partial charge in [-0.2, -0.15) is 0 Å². The predicted octanol–water partition coefficient (Wildman–Crippen LogP) is 2.05. The van der Waals surface area contributed by atoms with Gasteiger partial charge in [0.1, 0.15) is 12.0 Å². The van der Waals surface area contributed by atoms with Crippen molar-refractivity contribution in [1.29, 1.82) is 0 Å². The van der Waals surface area contributed by atoms with Crippen molar-refractivity contribution >= 4 is 17.4 Å². The van der Waals surface area contributed by atoms with Crippen molar-refractivity contribution in [2.24, 2.45) is 0 Å². The van der Waals surface area contributed by atoms with E-state index in [0.717, 1.165) is 25.5 Å². The van der Waals surface area contributed by atoms with Crippen molar-refractivity contribution in [3.63, 3.8) is 0 Å². The maximum atomic E-state index is 12.6. The molecule has 1 saturated heterocycles. The SMILES string of the molecule is CCC1CCCN1C(=O)c1cc([N+](=O)[O-])cnc1NC. The van der Waals surface area contributed by atoms with Gasteiger partial charge in [-0.3, -0.25) is 14.9 Å². The molecular weight excluding hydrogens is 260 g/mol. The normalized spacial score (nSPS) is 18.1. The minimum atomic E-state index is -0.537. The Morgan fingerprint density at radius 1 is 1.65 bits per heavy atom. The van der Waals surface area contributed by atoms with Gasteiger partial charge in [-0.15, -0.1) is 0 Å². The highest BCUT2D eigenvalue weighted by atomic mass is 16.6. The molecule has 1 atom stereocenters. The van der Waals surface area contributed by atoms with Crippen LogP contribution in [0.4, 0.5) is 11.5 Å². The molecule has 1 aliphatic heterocycles. The second kappa shape index (κ2) is 5.85. The van der Waals surface area contributed by atoms with Crippen molar-refractivity contribution in [2.75, 3.05) is 18.9 Å². The van der Waals surface area contributed by atoms with Gasteiger partial charge < -0.3 is 10.2 Å². The molecule has 0 radical (unpaired) electrons. The first-order valence-corrected chi connectivity index (χ1v) is 6.71. The molecule has 20 heavy (non-hydrogen) atoms. The van der Waals surface area contributed by atoms with E-state index in [1.807, 2.05) is 6.92 Å². The molecule has 0 bridgehead atoms. The lowest BCUT2D eigenvalue weighted by Crippen LogP contribution is -2.35. The van der Waals surface area contributed by atoms with E-state index in [0.29, 0.717) is 12.4 Å². The summed E-state index contributed by atoms with van der Waals surface area (Å²) in [4.78, 5) is 28.6. The average molecular weight is 278 g/mol. The summed E-state index contributed by atoms with van der Waals surface area (Å²) >= 11 is 0. The smallest absolute Gasteiger partial charge is 0.288 e. The van der Waals surface area contributed by atoms with Crippen molar-refractivity contribution < 1.29 is 9.72 Å². The molecule has 0 aromatic carbocycles. The zero-order chi connectivity index (χ0) is 14.7. The summed E-state index contributed by atoms with van der Waals surface area (Å²) in [5, 5.41) is 13.7. The molecule has 0 saturated carbocycles. The Kier molecular flexibility index (Phi) is 4.16. The number of nitrogens with one attached hydrogen (secondary N) is 1. The molecule has 1 aromatic heterocycles. The fraction of sp³-hybridized carbons (Fsp3) is 0.538. The number of nitrogens with zero attached hydrogens (tertiary/aromatic N) is 3. The van der Waals surface area contributed by atoms with E-state index in [9.17, 15) is 14.9 Å². The van der Waals surface area contributed by atoms with Crippen LogP contribution in [0.5, 0.6) is 0 Å². The number of carbonyl (C=O) groups excluding carboxylic acids is 1. The Labute approximate surface area is 117 Å². The fourth-order valence-corrected chi connectivity index (χ4v) is 2.60. The van der Waals surface area contributed by atoms with Crippen molar-refractivity contribution in [2.45, 2.75) is 32.2 Å². The van der Waals surface area contributed by atoms with Crippen molar-refractivity contribution in [3.8, 4) is 0 Å². The van der Waals surface area contributed by atoms with E-state index in [-0.39, 0.29) is 23.2 Å². The lowest BCUT2D eigenvalue weighted by Gasteiger charge is -2.24. The highest BCUT2D eigenvalue weighted by molar-refractivity contribution is 5.99. The molecule has 1 aliphatic rings. The molecule has 1 aromatic rings. The lowest BCUT2D eigenvalue weighted by atomic mass is 10.1. The van der Waals surface area contributed by atoms with Crippen molar-refractivity contribution in [1.82, 2.24) is 9.88 Å². The lowest BCUT2D eigenvalue weighted by molar-refractivity contribution is -0.385. The molecule has 1 fully saturated rings. The molecule has 0 aliphatic carbocycles. The van der Waals surface area contributed by atoms with Crippen LogP contribution < -0.4 is 5.32 Å². The predicted molar refractivity (Wildman–Crippen MR) is 74.8 cm³/mol. The third-order valence-electron chi connectivity index (χ3n) is 3.66. The second-order valence-electron chi connectivity index (χ2n) is 4.80. The number of likely N-dealkylation sites (tertiary alicyclic amines) is 1. The van der Waals surface area contributed by atoms with Crippen LogP contribution in [-0.4, -0.2) is 40.3 Å². The van der Waals surface area contributed by atoms with Crippen LogP contribution in [0.1, 0.15) is 36.5 Å². The minimum absolute atomic E-state index is 0.167. The summed E-state index contributed by atoms with van der Waals surface area (Å²) in [6, 6.07) is 1.51. The number of rotatable bonds is 4. The Morgan fingerprint density at radius 2 is 2.40 bits per heavy atom. The monoisotopic (exact) mass is 278 g/mol. The van der Waals surface area contributed by atoms with Crippen LogP contribution in [0, 0.1) is 10.1 Å². The van der Waals surface area contributed by atoms with Gasteiger partial charge in [-0.25, -0.2) is 4.98 Å². The van der Waals surface area contributed by atoms with Crippen LogP contribution in [0.25, 0.3) is 0 Å². The zero-order valence-corrected chi connectivity index (χ0v) is 11.6. The second-order valence-corrected chi connectivity index (χ2v) is 4.80. The number of nitro groups is 1. The minimum Gasteiger partial charge on any atom is -0.372 e. The third-order valence-corrected chi connectivity index (χ3v) is 3.66. The Bertz CT molecular complexity index is 532. The standard InChI is InChI=1S/C13H18N4O3/c1-3-9-5-4-6-16(9)13(18)11-7-10(17(19)20)8-15-12(11)14-2/h7-9H,3-6H2,1-2H3,(H,14,15). The van der Waals surface area contributed by atoms with E-state index in [4.69, 9.17) is 0 Å². The summed E-state index contributed by atoms with van der Waals surface area (Å²) in [5.41, 5.74) is 0.0987. The number of anilines is 1. The van der Waals surface area contributed by atoms with Crippen LogP contribution in [0.2, 0.25) is 0 Å². The summed E-state index contributed by atoms with van der Waals surface area (Å²) in [7, 11) is 1.65. The Morgan fingerprint density at radius 3 is 3.00 bits per heavy atom. The molecule has 0 spiro atoms. The average Bonchev–Trinajstić information content (AvgIpc) is 2.94. The topological polar surface area (TPSA) is 88.4 Å². The highest BCUT2D eigenvalue weighted by Crippen LogP contribution is 2.26. The van der Waals surface area contributed by atoms with E-state index in [1.165, 1.54) is 6.07 Å². The van der Waals surface area contributed by atoms with Gasteiger partial charge in [-0.1, -0.05) is 6.92 Å². The quantitative estimate of drug-likeness (QED) is 0.672. The van der Waals surface area contributed by atoms with Crippen molar-refractivity contribution in [3.05, 3.63) is 27.9 Å². The first-order chi connectivity index (χ1) is 9.58. The number of amides is 1. The number of hydrogen-bond acceptors (Lipinski definition) is 5. The highest BCUT2D eigenvalue weighted by Gasteiger charge is 2.30. The van der Waals surface area contributed by atoms with Gasteiger partial charge in [0, 0.05) is 25.7 Å². The first kappa shape index (κ1) is 14.2. The van der Waals surface area contributed by atoms with Gasteiger partial charge in [0.15, 0.2) is 0 Å². The molecule has 1 unspecified atom stereocenters. The summed E-state index contributed by atoms with van der Waals surface area (Å²) < 4.78 is 0. The van der Waals surface area contributed by atoms with Gasteiger partial charge in [0.25, 0.3) is 11.6 Å². The third kappa shape index (κ3) is 2.56. The maximum absolute atomic E-state index is 12.6. The largest absolute Gasteiger partial charge is 0.372 e. The molecule has 108 valence electrons. The number of pyridine rings is 1. The molecule has 2 heterocycles. The van der Waals surface area contributed by atoms with Gasteiger partial charge in [-0.05, 0) is 19.3 Å². The van der Waals surface area contributed by atoms with Gasteiger partial charge >= 0.3 is 0 Å². The molecule has 2 rings (SSSR count). The van der Waals surface area contributed by atoms with E-state index >= 15 is 0 Å². The van der Waals surface area contributed by atoms with Crippen LogP contribution >= 0.6 is 0 Å². The Balaban J connectivity index is 2.37. The van der Waals surface area contributed by atoms with Crippen LogP contribution in [0.3, 0.4) is 0 Å². The summed E-state index contributed by atoms with van der Waals surface area (Å²) in [6.07, 6.45) is 4.01. The van der Waals surface area contributed by atoms with E-state index < -0.39 is 4.92 Å². The summed E-state index contributed by atoms with van der Waals surface area (Å²) in [5.74, 6) is 0.192. The molecule has 7 nitrogen and oxygen atoms in total. The number of carbonyl (C=O) groups is 1. The fourth-order valence-electron chi connectivity index (χ4n) is 2.60. The van der Waals surface area contributed by atoms with Gasteiger partial charge in [0.05, 0.1) is 10.5 Å². The molecule has 1 N–H and O–H groups in total. The van der Waals surface area contributed by atoms with Gasteiger partial charge in [0.2, 0.25) is 0 Å².